The lowest BCUT2D eigenvalue weighted by Crippen LogP contribution is -2.16. The zero-order chi connectivity index (χ0) is 9.99. The van der Waals surface area contributed by atoms with E-state index in [0.717, 1.165) is 6.26 Å². The fraction of sp³-hybridized carbons (Fsp3) is 1.00. The summed E-state index contributed by atoms with van der Waals surface area (Å²) in [4.78, 5) is 0. The predicted octanol–water partition coefficient (Wildman–Crippen LogP) is 1.72. The quantitative estimate of drug-likeness (QED) is 0.671. The molecule has 74 valence electrons. The second-order valence-corrected chi connectivity index (χ2v) is 7.61. The van der Waals surface area contributed by atoms with Gasteiger partial charge in [-0.15, -0.1) is 0 Å². The summed E-state index contributed by atoms with van der Waals surface area (Å²) in [5, 5.41) is -0.285. The Morgan fingerprint density at radius 1 is 1.25 bits per heavy atom. The van der Waals surface area contributed by atoms with E-state index in [0.29, 0.717) is 0 Å². The molecule has 0 aliphatic rings. The van der Waals surface area contributed by atoms with Gasteiger partial charge in [0.05, 0.1) is 6.26 Å². The Bertz CT molecular complexity index is 228. The van der Waals surface area contributed by atoms with Gasteiger partial charge in [-0.3, -0.25) is 0 Å². The van der Waals surface area contributed by atoms with Gasteiger partial charge in [-0.25, -0.2) is 3.97 Å². The van der Waals surface area contributed by atoms with E-state index in [-0.39, 0.29) is 5.16 Å². The molecule has 0 aromatic carbocycles. The van der Waals surface area contributed by atoms with E-state index in [4.69, 9.17) is 8.49 Å². The van der Waals surface area contributed by atoms with Crippen molar-refractivity contribution in [3.8, 4) is 0 Å². The fourth-order valence-electron chi connectivity index (χ4n) is 0.539. The van der Waals surface area contributed by atoms with Crippen molar-refractivity contribution >= 4 is 18.5 Å². The van der Waals surface area contributed by atoms with Gasteiger partial charge in [0.1, 0.15) is 0 Å². The van der Waals surface area contributed by atoms with Crippen LogP contribution in [0.5, 0.6) is 0 Å². The molecule has 0 amide bonds. The second-order valence-electron chi connectivity index (χ2n) is 3.39. The first-order chi connectivity index (χ1) is 5.17. The Kier molecular flexibility index (Phi) is 4.11. The highest BCUT2D eigenvalue weighted by molar-refractivity contribution is 7.90. The molecule has 0 radical (unpaired) electrons. The summed E-state index contributed by atoms with van der Waals surface area (Å²) in [6.07, 6.45) is 1.02. The van der Waals surface area contributed by atoms with Crippen molar-refractivity contribution < 1.29 is 16.9 Å². The smallest absolute Gasteiger partial charge is 0.269 e. The van der Waals surface area contributed by atoms with Crippen LogP contribution < -0.4 is 0 Å². The molecule has 4 nitrogen and oxygen atoms in total. The Hall–Kier alpha value is 0.300. The first-order valence-electron chi connectivity index (χ1n) is 3.41. The molecule has 6 heteroatoms. The number of rotatable bonds is 3. The van der Waals surface area contributed by atoms with Gasteiger partial charge >= 0.3 is 0 Å². The molecule has 0 fully saturated rings. The van der Waals surface area contributed by atoms with Gasteiger partial charge < -0.3 is 4.52 Å². The van der Waals surface area contributed by atoms with Crippen LogP contribution in [0.2, 0.25) is 0 Å². The summed E-state index contributed by atoms with van der Waals surface area (Å²) in [5.74, 6) is 0. The molecule has 0 saturated carbocycles. The lowest BCUT2D eigenvalue weighted by molar-refractivity contribution is 0.371. The van der Waals surface area contributed by atoms with Crippen molar-refractivity contribution in [2.24, 2.45) is 0 Å². The zero-order valence-corrected chi connectivity index (χ0v) is 9.70. The Morgan fingerprint density at radius 2 is 1.67 bits per heavy atom. The standard InChI is InChI=1S/C6H15O4PS/c1-6(2,3)11(9-4)10-12(5,7)8/h1-5H3. The van der Waals surface area contributed by atoms with E-state index in [1.165, 1.54) is 7.11 Å². The third-order valence-corrected chi connectivity index (χ3v) is 3.97. The van der Waals surface area contributed by atoms with Gasteiger partial charge in [0.25, 0.3) is 10.1 Å². The van der Waals surface area contributed by atoms with Gasteiger partial charge in [0.2, 0.25) is 0 Å². The first-order valence-corrected chi connectivity index (χ1v) is 6.40. The number of hydrogen-bond acceptors (Lipinski definition) is 4. The number of hydrogen-bond donors (Lipinski definition) is 0. The summed E-state index contributed by atoms with van der Waals surface area (Å²) in [6.45, 7) is 5.61. The van der Waals surface area contributed by atoms with Crippen LogP contribution in [0.1, 0.15) is 20.8 Å². The maximum absolute atomic E-state index is 10.8. The lowest BCUT2D eigenvalue weighted by atomic mass is 10.3. The molecule has 0 aliphatic carbocycles. The van der Waals surface area contributed by atoms with Crippen molar-refractivity contribution in [1.29, 1.82) is 0 Å². The summed E-state index contributed by atoms with van der Waals surface area (Å²) in [5.41, 5.74) is 0. The highest BCUT2D eigenvalue weighted by Crippen LogP contribution is 2.51. The Balaban J connectivity index is 4.41. The Labute approximate surface area is 75.3 Å². The van der Waals surface area contributed by atoms with Crippen LogP contribution in [-0.4, -0.2) is 26.9 Å². The molecule has 1 atom stereocenters. The molecule has 12 heavy (non-hydrogen) atoms. The summed E-state index contributed by atoms with van der Waals surface area (Å²) in [6, 6.07) is 0. The molecule has 1 unspecified atom stereocenters. The molecule has 0 bridgehead atoms. The van der Waals surface area contributed by atoms with Crippen molar-refractivity contribution in [1.82, 2.24) is 0 Å². The van der Waals surface area contributed by atoms with Gasteiger partial charge in [0.15, 0.2) is 8.38 Å². The monoisotopic (exact) mass is 214 g/mol. The largest absolute Gasteiger partial charge is 0.336 e. The first kappa shape index (κ1) is 12.3. The van der Waals surface area contributed by atoms with Crippen LogP contribution in [0.3, 0.4) is 0 Å². The van der Waals surface area contributed by atoms with Crippen LogP contribution in [0.15, 0.2) is 0 Å². The molecule has 0 heterocycles. The molecular weight excluding hydrogens is 199 g/mol. The molecule has 0 saturated heterocycles. The highest BCUT2D eigenvalue weighted by atomic mass is 32.2. The normalized spacial score (nSPS) is 16.1. The van der Waals surface area contributed by atoms with Gasteiger partial charge in [-0.05, 0) is 0 Å². The van der Waals surface area contributed by atoms with Crippen molar-refractivity contribution in [3.05, 3.63) is 0 Å². The maximum Gasteiger partial charge on any atom is 0.269 e. The topological polar surface area (TPSA) is 52.6 Å². The van der Waals surface area contributed by atoms with Crippen molar-refractivity contribution in [2.75, 3.05) is 13.4 Å². The minimum absolute atomic E-state index is 0.285. The van der Waals surface area contributed by atoms with E-state index < -0.39 is 18.5 Å². The summed E-state index contributed by atoms with van der Waals surface area (Å²) >= 11 is 0. The van der Waals surface area contributed by atoms with Gasteiger partial charge in [0, 0.05) is 12.3 Å². The summed E-state index contributed by atoms with van der Waals surface area (Å²) < 4.78 is 31.2. The molecular formula is C6H15O4PS. The van der Waals surface area contributed by atoms with Crippen LogP contribution in [0.25, 0.3) is 0 Å². The third kappa shape index (κ3) is 5.04. The maximum atomic E-state index is 10.8. The van der Waals surface area contributed by atoms with E-state index >= 15 is 0 Å². The van der Waals surface area contributed by atoms with Crippen LogP contribution in [0, 0.1) is 0 Å². The molecule has 0 rings (SSSR count). The lowest BCUT2D eigenvalue weighted by Gasteiger charge is -2.26. The van der Waals surface area contributed by atoms with E-state index in [1.807, 2.05) is 20.8 Å². The minimum atomic E-state index is -3.41. The van der Waals surface area contributed by atoms with E-state index in [2.05, 4.69) is 0 Å². The average Bonchev–Trinajstić information content (AvgIpc) is 1.78. The fourth-order valence-corrected chi connectivity index (χ4v) is 3.21. The summed E-state index contributed by atoms with van der Waals surface area (Å²) in [7, 11) is -3.34. The van der Waals surface area contributed by atoms with E-state index in [1.54, 1.807) is 0 Å². The highest BCUT2D eigenvalue weighted by Gasteiger charge is 2.29. The van der Waals surface area contributed by atoms with Gasteiger partial charge in [-0.2, -0.15) is 8.42 Å². The van der Waals surface area contributed by atoms with Crippen molar-refractivity contribution in [2.45, 2.75) is 25.9 Å². The predicted molar refractivity (Wildman–Crippen MR) is 49.6 cm³/mol. The van der Waals surface area contributed by atoms with Crippen LogP contribution in [0.4, 0.5) is 0 Å². The molecule has 0 aromatic heterocycles. The SMILES string of the molecule is COP(OS(C)(=O)=O)C(C)(C)C. The molecule has 0 spiro atoms. The van der Waals surface area contributed by atoms with Crippen LogP contribution >= 0.6 is 8.38 Å². The average molecular weight is 214 g/mol. The third-order valence-electron chi connectivity index (χ3n) is 0.917. The molecule has 0 aliphatic heterocycles. The van der Waals surface area contributed by atoms with Crippen molar-refractivity contribution in [3.63, 3.8) is 0 Å². The molecule has 0 aromatic rings. The van der Waals surface area contributed by atoms with Gasteiger partial charge in [-0.1, -0.05) is 20.8 Å². The van der Waals surface area contributed by atoms with Crippen LogP contribution in [-0.2, 0) is 18.6 Å². The Morgan fingerprint density at radius 3 is 1.75 bits per heavy atom. The van der Waals surface area contributed by atoms with E-state index in [9.17, 15) is 8.42 Å². The minimum Gasteiger partial charge on any atom is -0.336 e. The zero-order valence-electron chi connectivity index (χ0n) is 7.99. The second kappa shape index (κ2) is 4.01. The molecule has 0 N–H and O–H groups in total.